The Balaban J connectivity index is 1.96. The number of ether oxygens (including phenoxy) is 1. The van der Waals surface area contributed by atoms with E-state index in [-0.39, 0.29) is 17.3 Å². The second-order valence-electron chi connectivity index (χ2n) is 7.24. The van der Waals surface area contributed by atoms with E-state index in [0.717, 1.165) is 23.4 Å². The second-order valence-corrected chi connectivity index (χ2v) is 9.10. The average molecular weight is 427 g/mol. The number of nitrogens with one attached hydrogen (secondary N) is 1. The maximum Gasteiger partial charge on any atom is 0.264 e. The van der Waals surface area contributed by atoms with E-state index in [2.05, 4.69) is 5.32 Å². The van der Waals surface area contributed by atoms with Crippen LogP contribution in [0.3, 0.4) is 0 Å². The Kier molecular flexibility index (Phi) is 6.62. The molecule has 0 saturated carbocycles. The summed E-state index contributed by atoms with van der Waals surface area (Å²) < 4.78 is 33.7. The summed E-state index contributed by atoms with van der Waals surface area (Å²) in [5, 5.41) is 2.65. The van der Waals surface area contributed by atoms with Gasteiger partial charge in [0.15, 0.2) is 0 Å². The van der Waals surface area contributed by atoms with Gasteiger partial charge in [-0.25, -0.2) is 8.42 Å². The molecule has 1 N–H and O–H groups in total. The molecule has 2 aromatic carbocycles. The first-order chi connectivity index (χ1) is 14.3. The van der Waals surface area contributed by atoms with Gasteiger partial charge in [-0.1, -0.05) is 23.8 Å². The van der Waals surface area contributed by atoms with Crippen molar-refractivity contribution in [1.29, 1.82) is 0 Å². The molecular weight excluding hydrogens is 400 g/mol. The van der Waals surface area contributed by atoms with E-state index < -0.39 is 10.0 Å². The molecule has 1 amide bonds. The zero-order valence-electron chi connectivity index (χ0n) is 17.4. The highest BCUT2D eigenvalue weighted by atomic mass is 32.2. The van der Waals surface area contributed by atoms with E-state index >= 15 is 0 Å². The molecule has 0 aromatic heterocycles. The molecule has 0 heterocycles. The molecular formula is C23H26N2O4S. The third-order valence-electron chi connectivity index (χ3n) is 4.90. The molecule has 0 unspecified atom stereocenters. The van der Waals surface area contributed by atoms with E-state index in [9.17, 15) is 13.2 Å². The van der Waals surface area contributed by atoms with Crippen LogP contribution >= 0.6 is 0 Å². The number of rotatable bonds is 7. The summed E-state index contributed by atoms with van der Waals surface area (Å²) in [6, 6.07) is 13.6. The van der Waals surface area contributed by atoms with Gasteiger partial charge in [0, 0.05) is 18.3 Å². The molecule has 3 rings (SSSR count). The van der Waals surface area contributed by atoms with Gasteiger partial charge in [0.2, 0.25) is 5.91 Å². The number of carbonyl (C=O) groups excluding carboxylic acids is 1. The zero-order valence-corrected chi connectivity index (χ0v) is 18.2. The van der Waals surface area contributed by atoms with Crippen LogP contribution in [0.1, 0.15) is 32.3 Å². The molecule has 0 fully saturated rings. The van der Waals surface area contributed by atoms with Crippen molar-refractivity contribution in [3.05, 3.63) is 77.5 Å². The van der Waals surface area contributed by atoms with Crippen LogP contribution < -0.4 is 10.1 Å². The summed E-state index contributed by atoms with van der Waals surface area (Å²) in [7, 11) is -2.19. The van der Waals surface area contributed by atoms with Crippen LogP contribution in [0.4, 0.5) is 5.69 Å². The number of benzene rings is 2. The highest BCUT2D eigenvalue weighted by Crippen LogP contribution is 2.30. The minimum Gasteiger partial charge on any atom is -0.497 e. The first-order valence-electron chi connectivity index (χ1n) is 9.69. The first kappa shape index (κ1) is 21.6. The topological polar surface area (TPSA) is 75.7 Å². The lowest BCUT2D eigenvalue weighted by atomic mass is 10.0. The summed E-state index contributed by atoms with van der Waals surface area (Å²) in [6.45, 7) is 3.67. The number of anilines is 1. The van der Waals surface area contributed by atoms with Crippen molar-refractivity contribution in [3.8, 4) is 5.75 Å². The summed E-state index contributed by atoms with van der Waals surface area (Å²) >= 11 is 0. The average Bonchev–Trinajstić information content (AvgIpc) is 2.73. The molecule has 0 radical (unpaired) electrons. The molecule has 7 heteroatoms. The van der Waals surface area contributed by atoms with Crippen LogP contribution in [0.15, 0.2) is 76.8 Å². The maximum absolute atomic E-state index is 13.5. The van der Waals surface area contributed by atoms with Crippen molar-refractivity contribution in [2.24, 2.45) is 0 Å². The Bertz CT molecular complexity index is 1070. The number of nitrogens with zero attached hydrogens (tertiary/aromatic N) is 1. The molecule has 1 aliphatic carbocycles. The third kappa shape index (κ3) is 5.10. The van der Waals surface area contributed by atoms with Crippen molar-refractivity contribution < 1.29 is 17.9 Å². The third-order valence-corrected chi connectivity index (χ3v) is 6.72. The normalized spacial score (nSPS) is 13.8. The molecule has 6 nitrogen and oxygen atoms in total. The van der Waals surface area contributed by atoms with Crippen molar-refractivity contribution in [2.45, 2.75) is 38.1 Å². The molecule has 2 aromatic rings. The maximum atomic E-state index is 13.5. The molecule has 0 spiro atoms. The number of allylic oxidation sites excluding steroid dienone is 4. The van der Waals surface area contributed by atoms with Crippen molar-refractivity contribution in [1.82, 2.24) is 4.31 Å². The van der Waals surface area contributed by atoms with Gasteiger partial charge in [0.25, 0.3) is 10.0 Å². The zero-order chi connectivity index (χ0) is 21.7. The van der Waals surface area contributed by atoms with E-state index in [0.29, 0.717) is 12.1 Å². The number of methoxy groups -OCH3 is 1. The largest absolute Gasteiger partial charge is 0.497 e. The van der Waals surface area contributed by atoms with Crippen molar-refractivity contribution in [3.63, 3.8) is 0 Å². The SMILES string of the molecule is COc1ccc(CN(C2=CC=C(C)CC2)S(=O)(=O)c2ccc(NC(C)=O)cc2)cc1. The van der Waals surface area contributed by atoms with Gasteiger partial charge < -0.3 is 10.1 Å². The van der Waals surface area contributed by atoms with Crippen LogP contribution in [0, 0.1) is 0 Å². The molecule has 1 aliphatic rings. The van der Waals surface area contributed by atoms with Crippen molar-refractivity contribution >= 4 is 21.6 Å². The lowest BCUT2D eigenvalue weighted by Gasteiger charge is -2.29. The van der Waals surface area contributed by atoms with Gasteiger partial charge in [-0.3, -0.25) is 9.10 Å². The Morgan fingerprint density at radius 1 is 1.03 bits per heavy atom. The number of hydrogen-bond donors (Lipinski definition) is 1. The van der Waals surface area contributed by atoms with Gasteiger partial charge in [-0.15, -0.1) is 0 Å². The molecule has 0 saturated heterocycles. The van der Waals surface area contributed by atoms with Crippen LogP contribution in [0.2, 0.25) is 0 Å². The van der Waals surface area contributed by atoms with E-state index in [1.165, 1.54) is 28.9 Å². The van der Waals surface area contributed by atoms with Gasteiger partial charge in [-0.05, 0) is 67.8 Å². The van der Waals surface area contributed by atoms with Crippen molar-refractivity contribution in [2.75, 3.05) is 12.4 Å². The highest BCUT2D eigenvalue weighted by molar-refractivity contribution is 7.89. The summed E-state index contributed by atoms with van der Waals surface area (Å²) in [5.74, 6) is 0.512. The minimum atomic E-state index is -3.79. The Morgan fingerprint density at radius 3 is 2.23 bits per heavy atom. The van der Waals surface area contributed by atoms with Gasteiger partial charge in [0.1, 0.15) is 5.75 Å². The molecule has 0 aliphatic heterocycles. The molecule has 158 valence electrons. The first-order valence-corrected chi connectivity index (χ1v) is 11.1. The van der Waals surface area contributed by atoms with Crippen LogP contribution in [0.25, 0.3) is 0 Å². The Morgan fingerprint density at radius 2 is 1.70 bits per heavy atom. The van der Waals surface area contributed by atoms with Gasteiger partial charge in [0.05, 0.1) is 18.6 Å². The van der Waals surface area contributed by atoms with Gasteiger partial charge in [-0.2, -0.15) is 0 Å². The number of carbonyl (C=O) groups is 1. The summed E-state index contributed by atoms with van der Waals surface area (Å²) in [6.07, 6.45) is 5.32. The second kappa shape index (κ2) is 9.17. The van der Waals surface area contributed by atoms with E-state index in [1.54, 1.807) is 19.2 Å². The van der Waals surface area contributed by atoms with Gasteiger partial charge >= 0.3 is 0 Å². The highest BCUT2D eigenvalue weighted by Gasteiger charge is 2.27. The van der Waals surface area contributed by atoms with E-state index in [1.807, 2.05) is 43.3 Å². The number of hydrogen-bond acceptors (Lipinski definition) is 4. The summed E-state index contributed by atoms with van der Waals surface area (Å²) in [5.41, 5.74) is 3.39. The number of sulfonamides is 1. The lowest BCUT2D eigenvalue weighted by molar-refractivity contribution is -0.114. The fraction of sp³-hybridized carbons (Fsp3) is 0.261. The predicted molar refractivity (Wildman–Crippen MR) is 118 cm³/mol. The summed E-state index contributed by atoms with van der Waals surface area (Å²) in [4.78, 5) is 11.4. The fourth-order valence-corrected chi connectivity index (χ4v) is 4.73. The molecule has 0 bridgehead atoms. The predicted octanol–water partition coefficient (Wildman–Crippen LogP) is 4.47. The minimum absolute atomic E-state index is 0.178. The van der Waals surface area contributed by atoms with Crippen LogP contribution in [0.5, 0.6) is 5.75 Å². The monoisotopic (exact) mass is 426 g/mol. The Hall–Kier alpha value is -3.06. The molecule has 0 atom stereocenters. The smallest absolute Gasteiger partial charge is 0.264 e. The standard InChI is InChI=1S/C23H26N2O4S/c1-17-4-10-21(11-5-17)25(16-19-6-12-22(29-3)13-7-19)30(27,28)23-14-8-20(9-15-23)24-18(2)26/h4,6-10,12-15H,5,11,16H2,1-3H3,(H,24,26). The fourth-order valence-electron chi connectivity index (χ4n) is 3.22. The lowest BCUT2D eigenvalue weighted by Crippen LogP contribution is -2.30. The molecule has 30 heavy (non-hydrogen) atoms. The number of amides is 1. The van der Waals surface area contributed by atoms with E-state index in [4.69, 9.17) is 4.74 Å². The quantitative estimate of drug-likeness (QED) is 0.709. The Labute approximate surface area is 177 Å². The van der Waals surface area contributed by atoms with Crippen LogP contribution in [-0.4, -0.2) is 25.7 Å². The van der Waals surface area contributed by atoms with Crippen LogP contribution in [-0.2, 0) is 21.4 Å².